The van der Waals surface area contributed by atoms with Crippen LogP contribution in [0.5, 0.6) is 11.5 Å². The predicted molar refractivity (Wildman–Crippen MR) is 141 cm³/mol. The van der Waals surface area contributed by atoms with Crippen molar-refractivity contribution in [1.82, 2.24) is 9.97 Å². The lowest BCUT2D eigenvalue weighted by molar-refractivity contribution is -0.123. The highest BCUT2D eigenvalue weighted by Gasteiger charge is 2.45. The first kappa shape index (κ1) is 25.6. The van der Waals surface area contributed by atoms with E-state index >= 15 is 0 Å². The Labute approximate surface area is 220 Å². The van der Waals surface area contributed by atoms with E-state index in [1.807, 2.05) is 0 Å². The molecule has 0 spiro atoms. The van der Waals surface area contributed by atoms with E-state index in [1.54, 1.807) is 19.1 Å². The highest BCUT2D eigenvalue weighted by molar-refractivity contribution is 7.22. The third kappa shape index (κ3) is 4.33. The van der Waals surface area contributed by atoms with Crippen LogP contribution >= 0.6 is 11.3 Å². The highest BCUT2D eigenvalue weighted by Crippen LogP contribution is 2.46. The molecule has 1 amide bonds. The average molecular weight is 537 g/mol. The smallest absolute Gasteiger partial charge is 0.231 e. The SMILES string of the molecule is C[C@](O)(CCC(=O)c1cc(O)c2nc(N)sc2c1)c1cc2c(c(-c3ccc(F)cc3)n1)OC[C@]2(C)C(N)=O. The van der Waals surface area contributed by atoms with Crippen molar-refractivity contribution in [2.75, 3.05) is 12.3 Å². The maximum absolute atomic E-state index is 13.6. The number of hydrogen-bond acceptors (Lipinski definition) is 9. The van der Waals surface area contributed by atoms with E-state index in [4.69, 9.17) is 16.2 Å². The number of benzene rings is 2. The Hall–Kier alpha value is -4.09. The summed E-state index contributed by atoms with van der Waals surface area (Å²) in [7, 11) is 0. The van der Waals surface area contributed by atoms with Crippen LogP contribution in [0.1, 0.15) is 48.3 Å². The molecule has 9 nitrogen and oxygen atoms in total. The van der Waals surface area contributed by atoms with Crippen LogP contribution in [0.25, 0.3) is 21.5 Å². The Balaban J connectivity index is 1.49. The number of nitrogens with zero attached hydrogens (tertiary/aromatic N) is 2. The molecule has 0 fully saturated rings. The van der Waals surface area contributed by atoms with Crippen LogP contribution in [-0.4, -0.2) is 38.5 Å². The zero-order chi connectivity index (χ0) is 27.4. The maximum atomic E-state index is 13.6. The fraction of sp³-hybridized carbons (Fsp3) is 0.259. The normalized spacial score (nSPS) is 18.1. The van der Waals surface area contributed by atoms with Crippen LogP contribution in [0.2, 0.25) is 0 Å². The van der Waals surface area contributed by atoms with E-state index in [2.05, 4.69) is 9.97 Å². The highest BCUT2D eigenvalue weighted by atomic mass is 32.1. The lowest BCUT2D eigenvalue weighted by Crippen LogP contribution is -2.40. The number of aromatic hydroxyl groups is 1. The minimum absolute atomic E-state index is 0.00825. The van der Waals surface area contributed by atoms with Gasteiger partial charge in [-0.15, -0.1) is 0 Å². The van der Waals surface area contributed by atoms with Gasteiger partial charge in [0.2, 0.25) is 5.91 Å². The molecule has 2 aromatic heterocycles. The summed E-state index contributed by atoms with van der Waals surface area (Å²) in [6, 6.07) is 10.1. The lowest BCUT2D eigenvalue weighted by Gasteiger charge is -2.26. The van der Waals surface area contributed by atoms with Crippen molar-refractivity contribution in [1.29, 1.82) is 0 Å². The van der Waals surface area contributed by atoms with Gasteiger partial charge in [-0.2, -0.15) is 0 Å². The number of ether oxygens (including phenoxy) is 1. The molecule has 1 aliphatic heterocycles. The molecule has 3 heterocycles. The van der Waals surface area contributed by atoms with Crippen molar-refractivity contribution in [3.05, 3.63) is 65.1 Å². The van der Waals surface area contributed by atoms with Crippen LogP contribution in [0, 0.1) is 5.82 Å². The van der Waals surface area contributed by atoms with Crippen molar-refractivity contribution in [2.45, 2.75) is 37.7 Å². The number of thiazole rings is 1. The third-order valence-electron chi connectivity index (χ3n) is 6.94. The van der Waals surface area contributed by atoms with Gasteiger partial charge < -0.3 is 26.4 Å². The molecule has 5 rings (SSSR count). The summed E-state index contributed by atoms with van der Waals surface area (Å²) in [4.78, 5) is 34.1. The topological polar surface area (TPSA) is 162 Å². The van der Waals surface area contributed by atoms with Gasteiger partial charge in [-0.05, 0) is 62.7 Å². The molecular weight excluding hydrogens is 511 g/mol. The second-order valence-electron chi connectivity index (χ2n) is 9.82. The molecule has 2 aromatic carbocycles. The van der Waals surface area contributed by atoms with Crippen LogP contribution in [0.3, 0.4) is 0 Å². The Bertz CT molecular complexity index is 1600. The number of nitrogen functional groups attached to an aromatic ring is 1. The molecular formula is C27H25FN4O5S. The van der Waals surface area contributed by atoms with E-state index in [1.165, 1.54) is 37.3 Å². The van der Waals surface area contributed by atoms with Gasteiger partial charge >= 0.3 is 0 Å². The van der Waals surface area contributed by atoms with Gasteiger partial charge in [0.1, 0.15) is 46.1 Å². The number of anilines is 1. The summed E-state index contributed by atoms with van der Waals surface area (Å²) >= 11 is 1.15. The summed E-state index contributed by atoms with van der Waals surface area (Å²) < 4.78 is 20.0. The molecule has 6 N–H and O–H groups in total. The van der Waals surface area contributed by atoms with Gasteiger partial charge in [-0.25, -0.2) is 14.4 Å². The van der Waals surface area contributed by atoms with Gasteiger partial charge in [0.25, 0.3) is 0 Å². The van der Waals surface area contributed by atoms with E-state index in [0.717, 1.165) is 11.3 Å². The summed E-state index contributed by atoms with van der Waals surface area (Å²) in [5.41, 5.74) is 10.8. The fourth-order valence-electron chi connectivity index (χ4n) is 4.49. The Morgan fingerprint density at radius 3 is 2.61 bits per heavy atom. The first-order valence-corrected chi connectivity index (χ1v) is 12.6. The molecule has 0 unspecified atom stereocenters. The van der Waals surface area contributed by atoms with Crippen molar-refractivity contribution in [3.8, 4) is 22.8 Å². The Kier molecular flexibility index (Phi) is 6.07. The van der Waals surface area contributed by atoms with Crippen LogP contribution in [0.4, 0.5) is 9.52 Å². The minimum Gasteiger partial charge on any atom is -0.506 e. The largest absolute Gasteiger partial charge is 0.506 e. The molecule has 2 atom stereocenters. The molecule has 0 saturated carbocycles. The summed E-state index contributed by atoms with van der Waals surface area (Å²) in [6.45, 7) is 3.16. The quantitative estimate of drug-likeness (QED) is 0.259. The number of Topliss-reactive ketones (excluding diaryl/α,β-unsaturated/α-hetero) is 1. The number of phenolic OH excluding ortho intramolecular Hbond substituents is 1. The second-order valence-corrected chi connectivity index (χ2v) is 10.9. The molecule has 0 aliphatic carbocycles. The number of nitrogens with two attached hydrogens (primary N) is 2. The standard InChI is InChI=1S/C27H25FN4O5S/c1-26(24(29)35)12-37-23-16(26)11-20(31-21(23)13-3-5-15(28)6-4-13)27(2,36)8-7-17(33)14-9-18(34)22-19(10-14)38-25(30)32-22/h3-6,9-11,34,36H,7-8,12H2,1-2H3,(H2,29,35)(H2,30,32)/t26-,27-/m0/s1. The van der Waals surface area contributed by atoms with Gasteiger partial charge in [0.15, 0.2) is 10.9 Å². The number of carbonyl (C=O) groups excluding carboxylic acids is 2. The van der Waals surface area contributed by atoms with Gasteiger partial charge in [0.05, 0.1) is 10.4 Å². The van der Waals surface area contributed by atoms with Crippen LogP contribution in [0.15, 0.2) is 42.5 Å². The number of hydrogen-bond donors (Lipinski definition) is 4. The monoisotopic (exact) mass is 536 g/mol. The predicted octanol–water partition coefficient (Wildman–Crippen LogP) is 3.79. The van der Waals surface area contributed by atoms with E-state index in [9.17, 15) is 24.2 Å². The molecule has 196 valence electrons. The van der Waals surface area contributed by atoms with E-state index < -0.39 is 22.7 Å². The number of pyridine rings is 1. The zero-order valence-corrected chi connectivity index (χ0v) is 21.4. The number of phenols is 1. The zero-order valence-electron chi connectivity index (χ0n) is 20.6. The number of amides is 1. The number of fused-ring (bicyclic) bond motifs is 2. The average Bonchev–Trinajstić information content (AvgIpc) is 3.43. The van der Waals surface area contributed by atoms with Crippen molar-refractivity contribution in [3.63, 3.8) is 0 Å². The molecule has 38 heavy (non-hydrogen) atoms. The van der Waals surface area contributed by atoms with Gasteiger partial charge in [-0.3, -0.25) is 9.59 Å². The minimum atomic E-state index is -1.60. The van der Waals surface area contributed by atoms with Crippen molar-refractivity contribution >= 4 is 38.4 Å². The molecule has 11 heteroatoms. The van der Waals surface area contributed by atoms with Gasteiger partial charge in [0, 0.05) is 23.1 Å². The fourth-order valence-corrected chi connectivity index (χ4v) is 5.28. The number of rotatable bonds is 7. The molecule has 0 radical (unpaired) electrons. The number of carbonyl (C=O) groups is 2. The number of aromatic nitrogens is 2. The Morgan fingerprint density at radius 1 is 1.21 bits per heavy atom. The lowest BCUT2D eigenvalue weighted by atomic mass is 9.81. The number of aliphatic hydroxyl groups is 1. The maximum Gasteiger partial charge on any atom is 0.231 e. The van der Waals surface area contributed by atoms with Crippen LogP contribution in [-0.2, 0) is 15.8 Å². The van der Waals surface area contributed by atoms with E-state index in [-0.39, 0.29) is 47.4 Å². The Morgan fingerprint density at radius 2 is 1.92 bits per heavy atom. The van der Waals surface area contributed by atoms with Crippen LogP contribution < -0.4 is 16.2 Å². The van der Waals surface area contributed by atoms with Crippen molar-refractivity contribution < 1.29 is 28.9 Å². The van der Waals surface area contributed by atoms with Crippen molar-refractivity contribution in [2.24, 2.45) is 5.73 Å². The van der Waals surface area contributed by atoms with Gasteiger partial charge in [-0.1, -0.05) is 11.3 Å². The first-order valence-electron chi connectivity index (χ1n) is 11.8. The summed E-state index contributed by atoms with van der Waals surface area (Å²) in [5, 5.41) is 22.0. The molecule has 0 bridgehead atoms. The third-order valence-corrected chi connectivity index (χ3v) is 7.77. The second kappa shape index (κ2) is 9.03. The molecule has 1 aliphatic rings. The molecule has 0 saturated heterocycles. The number of halogens is 1. The summed E-state index contributed by atoms with van der Waals surface area (Å²) in [6.07, 6.45) is -0.0846. The summed E-state index contributed by atoms with van der Waals surface area (Å²) in [5.74, 6) is -1.16. The first-order chi connectivity index (χ1) is 17.9. The van der Waals surface area contributed by atoms with E-state index in [0.29, 0.717) is 32.8 Å². The number of primary amides is 1. The number of ketones is 1. The molecule has 4 aromatic rings.